The van der Waals surface area contributed by atoms with E-state index in [1.165, 1.54) is 13.3 Å². The molecule has 154 valence electrons. The summed E-state index contributed by atoms with van der Waals surface area (Å²) >= 11 is 0. The first-order valence-electron chi connectivity index (χ1n) is 8.85. The Bertz CT molecular complexity index is 1070. The molecule has 30 heavy (non-hydrogen) atoms. The van der Waals surface area contributed by atoms with Gasteiger partial charge in [-0.2, -0.15) is 10.2 Å². The molecule has 1 aromatic heterocycles. The van der Waals surface area contributed by atoms with E-state index in [1.54, 1.807) is 56.7 Å². The summed E-state index contributed by atoms with van der Waals surface area (Å²) in [6.45, 7) is 0. The number of carbonyl (C=O) groups excluding carboxylic acids is 2. The van der Waals surface area contributed by atoms with Crippen LogP contribution in [0.25, 0.3) is 11.3 Å². The third-order valence-corrected chi connectivity index (χ3v) is 4.21. The van der Waals surface area contributed by atoms with Gasteiger partial charge in [-0.05, 0) is 42.0 Å². The fourth-order valence-electron chi connectivity index (χ4n) is 2.63. The van der Waals surface area contributed by atoms with Crippen LogP contribution in [0.4, 0.5) is 0 Å². The summed E-state index contributed by atoms with van der Waals surface area (Å²) < 4.78 is 15.2. The first-order valence-corrected chi connectivity index (χ1v) is 8.85. The summed E-state index contributed by atoms with van der Waals surface area (Å²) in [5.74, 6) is 0.295. The van der Waals surface area contributed by atoms with Gasteiger partial charge in [0.25, 0.3) is 5.91 Å². The van der Waals surface area contributed by atoms with E-state index in [0.29, 0.717) is 28.3 Å². The van der Waals surface area contributed by atoms with Crippen molar-refractivity contribution in [3.05, 3.63) is 65.4 Å². The number of nitrogens with one attached hydrogen (secondary N) is 2. The van der Waals surface area contributed by atoms with Crippen molar-refractivity contribution in [1.82, 2.24) is 15.6 Å². The molecular weight excluding hydrogens is 388 g/mol. The van der Waals surface area contributed by atoms with Crippen molar-refractivity contribution in [2.24, 2.45) is 5.10 Å². The maximum atomic E-state index is 12.3. The standard InChI is InChI=1S/C21H20N4O5/c1-28-18-9-8-15(10-19(18)29-2)16-11-17(24-23-16)20(26)25-22-12-13-4-6-14(7-5-13)21(27)30-3/h4-12H,1-3H3,(H,23,24)(H,25,26)/b22-12+. The highest BCUT2D eigenvalue weighted by Crippen LogP contribution is 2.31. The third-order valence-electron chi connectivity index (χ3n) is 4.21. The minimum atomic E-state index is -0.448. The minimum Gasteiger partial charge on any atom is -0.493 e. The monoisotopic (exact) mass is 408 g/mol. The van der Waals surface area contributed by atoms with E-state index in [-0.39, 0.29) is 5.69 Å². The Morgan fingerprint density at radius 2 is 1.73 bits per heavy atom. The van der Waals surface area contributed by atoms with Crippen molar-refractivity contribution in [1.29, 1.82) is 0 Å². The number of esters is 1. The molecule has 0 bridgehead atoms. The summed E-state index contributed by atoms with van der Waals surface area (Å²) in [6.07, 6.45) is 1.46. The molecule has 0 saturated heterocycles. The Labute approximate surface area is 172 Å². The molecule has 2 aromatic carbocycles. The van der Waals surface area contributed by atoms with Gasteiger partial charge >= 0.3 is 5.97 Å². The number of nitrogens with zero attached hydrogens (tertiary/aromatic N) is 2. The lowest BCUT2D eigenvalue weighted by molar-refractivity contribution is 0.0600. The highest BCUT2D eigenvalue weighted by atomic mass is 16.5. The molecule has 0 aliphatic heterocycles. The molecule has 9 nitrogen and oxygen atoms in total. The molecule has 0 aliphatic rings. The number of H-pyrrole nitrogens is 1. The highest BCUT2D eigenvalue weighted by molar-refractivity contribution is 5.94. The van der Waals surface area contributed by atoms with Crippen LogP contribution in [0.3, 0.4) is 0 Å². The van der Waals surface area contributed by atoms with Crippen molar-refractivity contribution in [3.8, 4) is 22.8 Å². The lowest BCUT2D eigenvalue weighted by atomic mass is 10.1. The summed E-state index contributed by atoms with van der Waals surface area (Å²) in [5, 5.41) is 10.8. The van der Waals surface area contributed by atoms with Crippen LogP contribution in [0.5, 0.6) is 11.5 Å². The average molecular weight is 408 g/mol. The molecular formula is C21H20N4O5. The molecule has 9 heteroatoms. The summed E-state index contributed by atoms with van der Waals surface area (Å²) in [6, 6.07) is 13.6. The van der Waals surface area contributed by atoms with E-state index in [9.17, 15) is 9.59 Å². The molecule has 0 radical (unpaired) electrons. The van der Waals surface area contributed by atoms with Crippen LogP contribution in [0, 0.1) is 0 Å². The Balaban J connectivity index is 1.65. The average Bonchev–Trinajstić information content (AvgIpc) is 3.29. The fraction of sp³-hybridized carbons (Fsp3) is 0.143. The van der Waals surface area contributed by atoms with E-state index in [4.69, 9.17) is 9.47 Å². The maximum absolute atomic E-state index is 12.3. The molecule has 1 amide bonds. The molecule has 0 saturated carbocycles. The molecule has 3 rings (SSSR count). The van der Waals surface area contributed by atoms with E-state index in [0.717, 1.165) is 5.56 Å². The SMILES string of the molecule is COC(=O)c1ccc(/C=N/NC(=O)c2cc(-c3ccc(OC)c(OC)c3)n[nH]2)cc1. The molecule has 2 N–H and O–H groups in total. The lowest BCUT2D eigenvalue weighted by Gasteiger charge is -2.08. The van der Waals surface area contributed by atoms with Gasteiger partial charge in [-0.15, -0.1) is 0 Å². The Hall–Kier alpha value is -4.14. The maximum Gasteiger partial charge on any atom is 0.337 e. The Kier molecular flexibility index (Phi) is 6.43. The number of methoxy groups -OCH3 is 3. The topological polar surface area (TPSA) is 115 Å². The zero-order chi connectivity index (χ0) is 21.5. The van der Waals surface area contributed by atoms with Crippen molar-refractivity contribution < 1.29 is 23.8 Å². The van der Waals surface area contributed by atoms with Crippen molar-refractivity contribution >= 4 is 18.1 Å². The smallest absolute Gasteiger partial charge is 0.337 e. The van der Waals surface area contributed by atoms with Gasteiger partial charge in [0, 0.05) is 5.56 Å². The van der Waals surface area contributed by atoms with E-state index >= 15 is 0 Å². The second-order valence-electron chi connectivity index (χ2n) is 6.05. The Morgan fingerprint density at radius 3 is 2.40 bits per heavy atom. The van der Waals surface area contributed by atoms with Gasteiger partial charge < -0.3 is 14.2 Å². The predicted molar refractivity (Wildman–Crippen MR) is 110 cm³/mol. The summed E-state index contributed by atoms with van der Waals surface area (Å²) in [4.78, 5) is 23.7. The number of benzene rings is 2. The van der Waals surface area contributed by atoms with Crippen LogP contribution in [0.15, 0.2) is 53.6 Å². The van der Waals surface area contributed by atoms with Crippen molar-refractivity contribution in [3.63, 3.8) is 0 Å². The number of carbonyl (C=O) groups is 2. The van der Waals surface area contributed by atoms with Crippen LogP contribution in [-0.4, -0.2) is 49.6 Å². The van der Waals surface area contributed by atoms with Gasteiger partial charge in [0.15, 0.2) is 11.5 Å². The van der Waals surface area contributed by atoms with E-state index < -0.39 is 11.9 Å². The van der Waals surface area contributed by atoms with Gasteiger partial charge in [-0.25, -0.2) is 10.2 Å². The minimum absolute atomic E-state index is 0.248. The molecule has 3 aromatic rings. The first-order chi connectivity index (χ1) is 14.5. The second-order valence-corrected chi connectivity index (χ2v) is 6.05. The number of hydrazone groups is 1. The van der Waals surface area contributed by atoms with Crippen LogP contribution in [0.2, 0.25) is 0 Å². The van der Waals surface area contributed by atoms with Gasteiger partial charge in [-0.1, -0.05) is 12.1 Å². The fourth-order valence-corrected chi connectivity index (χ4v) is 2.63. The Morgan fingerprint density at radius 1 is 1.00 bits per heavy atom. The van der Waals surface area contributed by atoms with Crippen LogP contribution < -0.4 is 14.9 Å². The largest absolute Gasteiger partial charge is 0.493 e. The van der Waals surface area contributed by atoms with Crippen LogP contribution in [0.1, 0.15) is 26.4 Å². The third kappa shape index (κ3) is 4.64. The molecule has 0 atom stereocenters. The quantitative estimate of drug-likeness (QED) is 0.353. The normalized spacial score (nSPS) is 10.6. The molecule has 0 spiro atoms. The molecule has 0 aliphatic carbocycles. The first kappa shape index (κ1) is 20.6. The number of hydrogen-bond donors (Lipinski definition) is 2. The summed E-state index contributed by atoms with van der Waals surface area (Å²) in [5.41, 5.74) is 5.14. The summed E-state index contributed by atoms with van der Waals surface area (Å²) in [7, 11) is 4.42. The van der Waals surface area contributed by atoms with E-state index in [2.05, 4.69) is 25.5 Å². The molecule has 1 heterocycles. The number of aromatic amines is 1. The number of rotatable bonds is 7. The highest BCUT2D eigenvalue weighted by Gasteiger charge is 2.12. The van der Waals surface area contributed by atoms with Gasteiger partial charge in [0.05, 0.1) is 38.8 Å². The number of hydrogen-bond acceptors (Lipinski definition) is 7. The molecule has 0 unspecified atom stereocenters. The van der Waals surface area contributed by atoms with Gasteiger partial charge in [-0.3, -0.25) is 9.89 Å². The predicted octanol–water partition coefficient (Wildman–Crippen LogP) is 2.64. The lowest BCUT2D eigenvalue weighted by Crippen LogP contribution is -2.18. The van der Waals surface area contributed by atoms with Crippen LogP contribution in [-0.2, 0) is 4.74 Å². The van der Waals surface area contributed by atoms with E-state index in [1.807, 2.05) is 6.07 Å². The number of amides is 1. The number of aromatic nitrogens is 2. The number of ether oxygens (including phenoxy) is 3. The van der Waals surface area contributed by atoms with Gasteiger partial charge in [0.1, 0.15) is 5.69 Å². The second kappa shape index (κ2) is 9.37. The zero-order valence-electron chi connectivity index (χ0n) is 16.6. The zero-order valence-corrected chi connectivity index (χ0v) is 16.6. The van der Waals surface area contributed by atoms with Crippen molar-refractivity contribution in [2.75, 3.05) is 21.3 Å². The molecule has 0 fully saturated rings. The van der Waals surface area contributed by atoms with Crippen molar-refractivity contribution in [2.45, 2.75) is 0 Å². The van der Waals surface area contributed by atoms with Crippen LogP contribution >= 0.6 is 0 Å². The van der Waals surface area contributed by atoms with Gasteiger partial charge in [0.2, 0.25) is 0 Å².